The molecule has 6 nitrogen and oxygen atoms in total. The zero-order chi connectivity index (χ0) is 37.5. The number of amidine groups is 2. The summed E-state index contributed by atoms with van der Waals surface area (Å²) >= 11 is 0. The molecule has 268 valence electrons. The van der Waals surface area contributed by atoms with Crippen LogP contribution in [0, 0.1) is 0 Å². The predicted octanol–water partition coefficient (Wildman–Crippen LogP) is 12.7. The number of nitrogens with one attached hydrogen (secondary N) is 1. The summed E-state index contributed by atoms with van der Waals surface area (Å²) in [6.45, 7) is 0. The van der Waals surface area contributed by atoms with E-state index < -0.39 is 0 Å². The first-order valence-electron chi connectivity index (χ1n) is 19.2. The molecule has 0 radical (unpaired) electrons. The summed E-state index contributed by atoms with van der Waals surface area (Å²) in [5.41, 5.74) is 11.6. The second-order valence-electron chi connectivity index (χ2n) is 14.5. The number of benzene rings is 8. The number of nitrogens with zero attached hydrogens (tertiary/aromatic N) is 3. The number of furan rings is 2. The zero-order valence-corrected chi connectivity index (χ0v) is 30.6. The van der Waals surface area contributed by atoms with Crippen LogP contribution in [0.15, 0.2) is 201 Å². The number of rotatable bonds is 5. The maximum Gasteiger partial charge on any atom is 0.163 e. The second kappa shape index (κ2) is 12.4. The SMILES string of the molecule is c1ccc(C2=NC(c3cccc4c3oc3cccc(-c5cccc6oc7cccc(-n8c9ccccc9c9ccccc98)c7c56)c34)=NC(c3ccccc3)N2)cc1. The third kappa shape index (κ3) is 4.84. The summed E-state index contributed by atoms with van der Waals surface area (Å²) in [6.07, 6.45) is -0.320. The number of aromatic nitrogens is 1. The lowest BCUT2D eigenvalue weighted by Gasteiger charge is -2.23. The van der Waals surface area contributed by atoms with Crippen molar-refractivity contribution in [2.75, 3.05) is 0 Å². The molecule has 0 amide bonds. The van der Waals surface area contributed by atoms with Crippen LogP contribution in [0.3, 0.4) is 0 Å². The molecule has 57 heavy (non-hydrogen) atoms. The molecule has 6 heteroatoms. The first-order valence-corrected chi connectivity index (χ1v) is 19.2. The Kier molecular flexibility index (Phi) is 6.89. The van der Waals surface area contributed by atoms with E-state index in [4.69, 9.17) is 18.8 Å². The number of aliphatic imine (C=N–C) groups is 2. The van der Waals surface area contributed by atoms with Gasteiger partial charge in [-0.2, -0.15) is 0 Å². The third-order valence-corrected chi connectivity index (χ3v) is 11.3. The monoisotopic (exact) mass is 732 g/mol. The smallest absolute Gasteiger partial charge is 0.163 e. The van der Waals surface area contributed by atoms with E-state index in [0.29, 0.717) is 5.84 Å². The van der Waals surface area contributed by atoms with Gasteiger partial charge >= 0.3 is 0 Å². The van der Waals surface area contributed by atoms with Crippen LogP contribution in [0.5, 0.6) is 0 Å². The molecule has 0 bridgehead atoms. The van der Waals surface area contributed by atoms with Crippen molar-refractivity contribution < 1.29 is 8.83 Å². The number of para-hydroxylation sites is 3. The highest BCUT2D eigenvalue weighted by atomic mass is 16.3. The van der Waals surface area contributed by atoms with Gasteiger partial charge in [-0.15, -0.1) is 0 Å². The Morgan fingerprint density at radius 1 is 0.456 bits per heavy atom. The minimum Gasteiger partial charge on any atom is -0.456 e. The lowest BCUT2D eigenvalue weighted by atomic mass is 9.94. The Balaban J connectivity index is 1.09. The molecule has 12 rings (SSSR count). The lowest BCUT2D eigenvalue weighted by Crippen LogP contribution is -2.33. The minimum atomic E-state index is -0.320. The number of hydrogen-bond donors (Lipinski definition) is 1. The van der Waals surface area contributed by atoms with Crippen molar-refractivity contribution in [1.29, 1.82) is 0 Å². The average Bonchev–Trinajstić information content (AvgIpc) is 3.97. The fraction of sp³-hybridized carbons (Fsp3) is 0.0196. The van der Waals surface area contributed by atoms with Gasteiger partial charge in [-0.25, -0.2) is 9.98 Å². The second-order valence-corrected chi connectivity index (χ2v) is 14.5. The van der Waals surface area contributed by atoms with E-state index in [9.17, 15) is 0 Å². The van der Waals surface area contributed by atoms with Gasteiger partial charge in [-0.05, 0) is 59.2 Å². The maximum absolute atomic E-state index is 6.84. The minimum absolute atomic E-state index is 0.320. The summed E-state index contributed by atoms with van der Waals surface area (Å²) in [7, 11) is 0. The Morgan fingerprint density at radius 2 is 1.02 bits per heavy atom. The Morgan fingerprint density at radius 3 is 1.75 bits per heavy atom. The van der Waals surface area contributed by atoms with E-state index >= 15 is 0 Å². The molecular formula is C51H32N4O2. The molecule has 3 aromatic heterocycles. The highest BCUT2D eigenvalue weighted by Crippen LogP contribution is 2.45. The fourth-order valence-electron chi connectivity index (χ4n) is 8.81. The van der Waals surface area contributed by atoms with Gasteiger partial charge in [0, 0.05) is 32.5 Å². The summed E-state index contributed by atoms with van der Waals surface area (Å²) in [6, 6.07) is 63.1. The zero-order valence-electron chi connectivity index (χ0n) is 30.6. The van der Waals surface area contributed by atoms with E-state index in [1.165, 1.54) is 10.8 Å². The van der Waals surface area contributed by atoms with Gasteiger partial charge in [0.1, 0.15) is 34.3 Å². The highest BCUT2D eigenvalue weighted by Gasteiger charge is 2.25. The Labute approximate surface area is 326 Å². The van der Waals surface area contributed by atoms with Crippen molar-refractivity contribution in [3.8, 4) is 16.8 Å². The molecule has 0 saturated heterocycles. The molecule has 0 spiro atoms. The average molecular weight is 733 g/mol. The topological polar surface area (TPSA) is 68.0 Å². The van der Waals surface area contributed by atoms with Gasteiger partial charge in [0.2, 0.25) is 0 Å². The molecule has 1 N–H and O–H groups in total. The molecule has 8 aromatic carbocycles. The molecule has 0 aliphatic carbocycles. The van der Waals surface area contributed by atoms with Crippen molar-refractivity contribution in [1.82, 2.24) is 9.88 Å². The number of hydrogen-bond acceptors (Lipinski definition) is 5. The maximum atomic E-state index is 6.84. The van der Waals surface area contributed by atoms with Gasteiger partial charge in [-0.1, -0.05) is 140 Å². The van der Waals surface area contributed by atoms with E-state index in [1.54, 1.807) is 0 Å². The van der Waals surface area contributed by atoms with Gasteiger partial charge in [0.25, 0.3) is 0 Å². The van der Waals surface area contributed by atoms with Gasteiger partial charge < -0.3 is 18.7 Å². The van der Waals surface area contributed by atoms with Crippen LogP contribution in [0.2, 0.25) is 0 Å². The standard InChI is InChI=1S/C51H32N4O2/c1-3-15-31(16-4-1)49-52-50(32-17-5-2-6-18-32)54-51(53-49)38-24-11-23-37-45-35(21-12-28-42(45)57-48(37)38)36-22-13-29-43-46(36)47-41(27-14-30-44(47)56-43)55-39-25-9-7-19-33(39)34-20-8-10-26-40(34)55/h1-30,49H,(H,52,53,54). The third-order valence-electron chi connectivity index (χ3n) is 11.3. The van der Waals surface area contributed by atoms with E-state index in [2.05, 4.69) is 155 Å². The van der Waals surface area contributed by atoms with Crippen molar-refractivity contribution in [2.24, 2.45) is 9.98 Å². The van der Waals surface area contributed by atoms with Crippen molar-refractivity contribution in [3.63, 3.8) is 0 Å². The van der Waals surface area contributed by atoms with Crippen molar-refractivity contribution >= 4 is 77.4 Å². The summed E-state index contributed by atoms with van der Waals surface area (Å²) in [5, 5.41) is 10.2. The summed E-state index contributed by atoms with van der Waals surface area (Å²) in [5.74, 6) is 1.38. The molecular weight excluding hydrogens is 701 g/mol. The molecule has 1 unspecified atom stereocenters. The highest BCUT2D eigenvalue weighted by molar-refractivity contribution is 6.24. The van der Waals surface area contributed by atoms with E-state index in [0.717, 1.165) is 94.3 Å². The Hall–Kier alpha value is -7.70. The first-order chi connectivity index (χ1) is 28.3. The normalized spacial score (nSPS) is 14.5. The summed E-state index contributed by atoms with van der Waals surface area (Å²) < 4.78 is 15.9. The van der Waals surface area contributed by atoms with Crippen molar-refractivity contribution in [3.05, 3.63) is 199 Å². The molecule has 1 aliphatic rings. The predicted molar refractivity (Wildman–Crippen MR) is 233 cm³/mol. The van der Waals surface area contributed by atoms with E-state index in [1.807, 2.05) is 36.4 Å². The molecule has 0 fully saturated rings. The van der Waals surface area contributed by atoms with E-state index in [-0.39, 0.29) is 6.17 Å². The molecule has 1 atom stereocenters. The Bertz CT molecular complexity index is 3390. The molecule has 1 aliphatic heterocycles. The lowest BCUT2D eigenvalue weighted by molar-refractivity contribution is 0.663. The fourth-order valence-corrected chi connectivity index (χ4v) is 8.81. The molecule has 0 saturated carbocycles. The molecule has 11 aromatic rings. The van der Waals surface area contributed by atoms with Crippen molar-refractivity contribution in [2.45, 2.75) is 6.17 Å². The quantitative estimate of drug-likeness (QED) is 0.192. The van der Waals surface area contributed by atoms with Crippen LogP contribution in [0.4, 0.5) is 0 Å². The molecule has 4 heterocycles. The van der Waals surface area contributed by atoms with Gasteiger partial charge in [-0.3, -0.25) is 0 Å². The van der Waals surface area contributed by atoms with Crippen LogP contribution >= 0.6 is 0 Å². The van der Waals surface area contributed by atoms with Gasteiger partial charge in [0.05, 0.1) is 27.7 Å². The van der Waals surface area contributed by atoms with Crippen LogP contribution in [-0.4, -0.2) is 16.2 Å². The van der Waals surface area contributed by atoms with Gasteiger partial charge in [0.15, 0.2) is 5.84 Å². The van der Waals surface area contributed by atoms with Crippen LogP contribution in [-0.2, 0) is 0 Å². The van der Waals surface area contributed by atoms with Crippen LogP contribution in [0.25, 0.3) is 82.5 Å². The number of fused-ring (bicyclic) bond motifs is 9. The van der Waals surface area contributed by atoms with Crippen LogP contribution in [0.1, 0.15) is 22.9 Å². The largest absolute Gasteiger partial charge is 0.456 e. The van der Waals surface area contributed by atoms with Crippen LogP contribution < -0.4 is 5.32 Å². The first kappa shape index (κ1) is 31.6. The summed E-state index contributed by atoms with van der Waals surface area (Å²) in [4.78, 5) is 10.3.